The van der Waals surface area contributed by atoms with Crippen molar-refractivity contribution < 1.29 is 4.57 Å². The van der Waals surface area contributed by atoms with E-state index in [-0.39, 0.29) is 0 Å². The molecule has 0 N–H and O–H groups in total. The number of aryl methyl sites for hydroxylation is 2. The predicted molar refractivity (Wildman–Crippen MR) is 86.3 cm³/mol. The molecule has 0 saturated heterocycles. The summed E-state index contributed by atoms with van der Waals surface area (Å²) in [5.74, 6) is 0. The molecule has 0 amide bonds. The molecule has 1 aromatic carbocycles. The normalized spacial score (nSPS) is 19.1. The van der Waals surface area contributed by atoms with Crippen LogP contribution in [0.4, 0.5) is 0 Å². The lowest BCUT2D eigenvalue weighted by atomic mass is 9.80. The van der Waals surface area contributed by atoms with Crippen LogP contribution in [0.1, 0.15) is 48.8 Å². The second-order valence-corrected chi connectivity index (χ2v) is 6.97. The number of rotatable bonds is 1. The Morgan fingerprint density at radius 3 is 2.52 bits per heavy atom. The van der Waals surface area contributed by atoms with Crippen molar-refractivity contribution in [2.24, 2.45) is 7.05 Å². The first-order valence-corrected chi connectivity index (χ1v) is 8.29. The molecule has 2 aromatic rings. The second-order valence-electron chi connectivity index (χ2n) is 6.97. The monoisotopic (exact) mass is 278 g/mol. The quantitative estimate of drug-likeness (QED) is 0.687. The molecule has 1 aromatic heterocycles. The van der Waals surface area contributed by atoms with Crippen LogP contribution in [0.3, 0.4) is 0 Å². The largest absolute Gasteiger partial charge is 0.216 e. The zero-order chi connectivity index (χ0) is 14.4. The standard InChI is InChI=1S/C20H24N/c1-15-7-3-4-8-16(15)19-17-9-13-20(11-5-6-12-20)18(17)10-14-21(19)2/h3-4,7-8,10,14H,5-6,9,11-13H2,1-2H3/q+1. The Kier molecular flexibility index (Phi) is 2.92. The van der Waals surface area contributed by atoms with E-state index in [9.17, 15) is 0 Å². The number of benzene rings is 1. The van der Waals surface area contributed by atoms with Crippen LogP contribution in [0.15, 0.2) is 36.5 Å². The van der Waals surface area contributed by atoms with Gasteiger partial charge in [-0.15, -0.1) is 0 Å². The highest BCUT2D eigenvalue weighted by Crippen LogP contribution is 2.51. The first-order chi connectivity index (χ1) is 10.2. The van der Waals surface area contributed by atoms with Crippen LogP contribution in [0.2, 0.25) is 0 Å². The zero-order valence-electron chi connectivity index (χ0n) is 13.2. The van der Waals surface area contributed by atoms with Crippen molar-refractivity contribution >= 4 is 0 Å². The minimum Gasteiger partial charge on any atom is -0.201 e. The number of aromatic nitrogens is 1. The molecule has 1 heterocycles. The first kappa shape index (κ1) is 13.1. The van der Waals surface area contributed by atoms with Crippen molar-refractivity contribution in [3.8, 4) is 11.3 Å². The van der Waals surface area contributed by atoms with E-state index < -0.39 is 0 Å². The number of hydrogen-bond donors (Lipinski definition) is 0. The summed E-state index contributed by atoms with van der Waals surface area (Å²) in [6.45, 7) is 2.23. The third-order valence-electron chi connectivity index (χ3n) is 5.81. The highest BCUT2D eigenvalue weighted by atomic mass is 14.9. The molecule has 4 rings (SSSR count). The summed E-state index contributed by atoms with van der Waals surface area (Å²) in [6.07, 6.45) is 10.5. The molecule has 1 nitrogen and oxygen atoms in total. The molecule has 1 spiro atoms. The fraction of sp³-hybridized carbons (Fsp3) is 0.450. The van der Waals surface area contributed by atoms with E-state index in [1.165, 1.54) is 55.3 Å². The van der Waals surface area contributed by atoms with Gasteiger partial charge in [0, 0.05) is 17.2 Å². The Hall–Kier alpha value is -1.63. The topological polar surface area (TPSA) is 3.88 Å². The Labute approximate surface area is 127 Å². The smallest absolute Gasteiger partial charge is 0.201 e. The molecule has 1 fully saturated rings. The summed E-state index contributed by atoms with van der Waals surface area (Å²) in [4.78, 5) is 0. The molecule has 1 saturated carbocycles. The van der Waals surface area contributed by atoms with Crippen LogP contribution in [0.25, 0.3) is 11.3 Å². The highest BCUT2D eigenvalue weighted by molar-refractivity contribution is 5.67. The van der Waals surface area contributed by atoms with Gasteiger partial charge in [0.1, 0.15) is 7.05 Å². The second kappa shape index (κ2) is 4.69. The van der Waals surface area contributed by atoms with Crippen LogP contribution in [-0.2, 0) is 18.9 Å². The average molecular weight is 278 g/mol. The summed E-state index contributed by atoms with van der Waals surface area (Å²) < 4.78 is 2.33. The Balaban J connectivity index is 1.94. The predicted octanol–water partition coefficient (Wildman–Crippen LogP) is 4.24. The SMILES string of the molecule is Cc1ccccc1-c1c2c(cc[n+]1C)C1(CCCC1)CC2. The van der Waals surface area contributed by atoms with Gasteiger partial charge in [-0.3, -0.25) is 0 Å². The molecule has 0 unspecified atom stereocenters. The first-order valence-electron chi connectivity index (χ1n) is 8.29. The van der Waals surface area contributed by atoms with E-state index >= 15 is 0 Å². The molecule has 2 aliphatic carbocycles. The number of pyridine rings is 1. The summed E-state index contributed by atoms with van der Waals surface area (Å²) >= 11 is 0. The number of nitrogens with zero attached hydrogens (tertiary/aromatic N) is 1. The molecule has 0 radical (unpaired) electrons. The minimum absolute atomic E-state index is 0.515. The van der Waals surface area contributed by atoms with Crippen LogP contribution in [0.5, 0.6) is 0 Å². The van der Waals surface area contributed by atoms with E-state index in [0.29, 0.717) is 5.41 Å². The zero-order valence-corrected chi connectivity index (χ0v) is 13.2. The lowest BCUT2D eigenvalue weighted by molar-refractivity contribution is -0.660. The Morgan fingerprint density at radius 1 is 1.00 bits per heavy atom. The fourth-order valence-electron chi connectivity index (χ4n) is 4.71. The van der Waals surface area contributed by atoms with Crippen LogP contribution >= 0.6 is 0 Å². The van der Waals surface area contributed by atoms with E-state index in [1.807, 2.05) is 0 Å². The summed E-state index contributed by atoms with van der Waals surface area (Å²) in [7, 11) is 2.20. The third kappa shape index (κ3) is 1.87. The van der Waals surface area contributed by atoms with Crippen molar-refractivity contribution in [3.63, 3.8) is 0 Å². The summed E-state index contributed by atoms with van der Waals surface area (Å²) in [6, 6.07) is 11.2. The molecule has 0 atom stereocenters. The van der Waals surface area contributed by atoms with E-state index in [4.69, 9.17) is 0 Å². The molecule has 0 aliphatic heterocycles. The van der Waals surface area contributed by atoms with Crippen LogP contribution < -0.4 is 4.57 Å². The molecular weight excluding hydrogens is 254 g/mol. The Bertz CT molecular complexity index is 693. The van der Waals surface area contributed by atoms with E-state index in [0.717, 1.165) is 0 Å². The maximum absolute atomic E-state index is 2.41. The maximum Gasteiger partial charge on any atom is 0.216 e. The highest BCUT2D eigenvalue weighted by Gasteiger charge is 2.43. The molecule has 21 heavy (non-hydrogen) atoms. The van der Waals surface area contributed by atoms with Crippen LogP contribution in [0, 0.1) is 6.92 Å². The van der Waals surface area contributed by atoms with Gasteiger partial charge in [0.05, 0.1) is 0 Å². The van der Waals surface area contributed by atoms with Gasteiger partial charge in [0.15, 0.2) is 6.20 Å². The minimum atomic E-state index is 0.515. The Morgan fingerprint density at radius 2 is 1.76 bits per heavy atom. The van der Waals surface area contributed by atoms with Gasteiger partial charge in [-0.2, -0.15) is 0 Å². The number of fused-ring (bicyclic) bond motifs is 2. The van der Waals surface area contributed by atoms with Crippen molar-refractivity contribution in [2.75, 3.05) is 0 Å². The van der Waals surface area contributed by atoms with Gasteiger partial charge >= 0.3 is 0 Å². The van der Waals surface area contributed by atoms with Crippen molar-refractivity contribution in [2.45, 2.75) is 50.9 Å². The van der Waals surface area contributed by atoms with Crippen molar-refractivity contribution in [1.82, 2.24) is 0 Å². The van der Waals surface area contributed by atoms with Gasteiger partial charge < -0.3 is 0 Å². The lowest BCUT2D eigenvalue weighted by Gasteiger charge is -2.24. The van der Waals surface area contributed by atoms with Gasteiger partial charge in [0.25, 0.3) is 0 Å². The third-order valence-corrected chi connectivity index (χ3v) is 5.81. The molecule has 108 valence electrons. The fourth-order valence-corrected chi connectivity index (χ4v) is 4.71. The van der Waals surface area contributed by atoms with Crippen LogP contribution in [-0.4, -0.2) is 0 Å². The molecule has 2 aliphatic rings. The molecular formula is C20H24N+. The lowest BCUT2D eigenvalue weighted by Crippen LogP contribution is -2.33. The van der Waals surface area contributed by atoms with Gasteiger partial charge in [-0.1, -0.05) is 31.0 Å². The molecule has 1 heteroatoms. The van der Waals surface area contributed by atoms with E-state index in [1.54, 1.807) is 11.1 Å². The van der Waals surface area contributed by atoms with Crippen molar-refractivity contribution in [3.05, 3.63) is 53.2 Å². The van der Waals surface area contributed by atoms with Gasteiger partial charge in [0.2, 0.25) is 5.69 Å². The molecule has 0 bridgehead atoms. The average Bonchev–Trinajstić information content (AvgIpc) is 3.09. The summed E-state index contributed by atoms with van der Waals surface area (Å²) in [5.41, 5.74) is 8.05. The van der Waals surface area contributed by atoms with Gasteiger partial charge in [-0.05, 0) is 55.2 Å². The maximum atomic E-state index is 2.41. The number of hydrogen-bond acceptors (Lipinski definition) is 0. The summed E-state index contributed by atoms with van der Waals surface area (Å²) in [5, 5.41) is 0. The van der Waals surface area contributed by atoms with Gasteiger partial charge in [-0.25, -0.2) is 4.57 Å². The van der Waals surface area contributed by atoms with Crippen molar-refractivity contribution in [1.29, 1.82) is 0 Å². The van der Waals surface area contributed by atoms with E-state index in [2.05, 4.69) is 55.1 Å².